The zero-order valence-electron chi connectivity index (χ0n) is 28.2. The molecule has 0 saturated heterocycles. The zero-order valence-corrected chi connectivity index (χ0v) is 28.2. The van der Waals surface area contributed by atoms with Gasteiger partial charge in [0, 0.05) is 41.3 Å². The van der Waals surface area contributed by atoms with Gasteiger partial charge in [0.1, 0.15) is 0 Å². The Morgan fingerprint density at radius 2 is 0.585 bits per heavy atom. The molecule has 0 aromatic carbocycles. The summed E-state index contributed by atoms with van der Waals surface area (Å²) in [7, 11) is 6.42. The van der Waals surface area contributed by atoms with Crippen molar-refractivity contribution in [1.82, 2.24) is 0 Å². The van der Waals surface area contributed by atoms with Crippen molar-refractivity contribution < 1.29 is 33.2 Å². The van der Waals surface area contributed by atoms with E-state index in [0.29, 0.717) is 12.8 Å². The lowest BCUT2D eigenvalue weighted by atomic mass is 10.0. The number of hydrogen-bond donors (Lipinski definition) is 0. The molecule has 0 aromatic rings. The van der Waals surface area contributed by atoms with Gasteiger partial charge in [0.15, 0.2) is 13.6 Å². The maximum absolute atomic E-state index is 5.85. The highest BCUT2D eigenvalue weighted by Crippen LogP contribution is 2.25. The number of methoxy groups -OCH3 is 4. The molecule has 0 rings (SSSR count). The number of unbranched alkanes of at least 4 members (excludes halogenated alkanes) is 20. The molecule has 7 nitrogen and oxygen atoms in total. The predicted octanol–water partition coefficient (Wildman–Crippen LogP) is 10.2. The highest BCUT2D eigenvalue weighted by Gasteiger charge is 2.32. The molecule has 0 bridgehead atoms. The fourth-order valence-corrected chi connectivity index (χ4v) is 5.26. The first kappa shape index (κ1) is 40.7. The summed E-state index contributed by atoms with van der Waals surface area (Å²) in [5.74, 6) is -2.21. The monoisotopic (exact) mass is 591 g/mol. The Kier molecular flexibility index (Phi) is 29.6. The fourth-order valence-electron chi connectivity index (χ4n) is 5.26. The predicted molar refractivity (Wildman–Crippen MR) is 169 cm³/mol. The van der Waals surface area contributed by atoms with Crippen molar-refractivity contribution in [3.63, 3.8) is 0 Å². The first-order chi connectivity index (χ1) is 20.1. The van der Waals surface area contributed by atoms with Crippen molar-refractivity contribution in [1.29, 1.82) is 0 Å². The van der Waals surface area contributed by atoms with Crippen LogP contribution in [0.15, 0.2) is 0 Å². The van der Waals surface area contributed by atoms with E-state index in [2.05, 4.69) is 13.8 Å². The third-order valence-corrected chi connectivity index (χ3v) is 8.14. The van der Waals surface area contributed by atoms with Crippen molar-refractivity contribution >= 4 is 0 Å². The van der Waals surface area contributed by atoms with Crippen LogP contribution in [0.5, 0.6) is 0 Å². The minimum atomic E-state index is -1.10. The molecule has 0 aromatic heterocycles. The van der Waals surface area contributed by atoms with Crippen LogP contribution in [0.25, 0.3) is 0 Å². The SMILES string of the molecule is CCCCCCCCCCCCCC(OC)(OC)OCOCOC(CCCCCCCCCCCCC)(OC)OC. The molecule has 0 spiro atoms. The third-order valence-electron chi connectivity index (χ3n) is 8.14. The normalized spacial score (nSPS) is 12.4. The first-order valence-electron chi connectivity index (χ1n) is 17.1. The smallest absolute Gasteiger partial charge is 0.284 e. The highest BCUT2D eigenvalue weighted by atomic mass is 16.9. The van der Waals surface area contributed by atoms with Crippen LogP contribution in [0.4, 0.5) is 0 Å². The van der Waals surface area contributed by atoms with Crippen LogP contribution in [0.2, 0.25) is 0 Å². The summed E-state index contributed by atoms with van der Waals surface area (Å²) in [6, 6.07) is 0. The first-order valence-corrected chi connectivity index (χ1v) is 17.1. The van der Waals surface area contributed by atoms with Crippen molar-refractivity contribution in [2.24, 2.45) is 0 Å². The Balaban J connectivity index is 4.03. The summed E-state index contributed by atoms with van der Waals surface area (Å²) < 4.78 is 39.6. The van der Waals surface area contributed by atoms with Crippen LogP contribution in [0.1, 0.15) is 168 Å². The van der Waals surface area contributed by atoms with E-state index in [1.54, 1.807) is 28.4 Å². The lowest BCUT2D eigenvalue weighted by molar-refractivity contribution is -0.410. The fraction of sp³-hybridized carbons (Fsp3) is 1.00. The second-order valence-corrected chi connectivity index (χ2v) is 11.5. The van der Waals surface area contributed by atoms with Gasteiger partial charge in [-0.05, 0) is 12.8 Å². The molecule has 0 aliphatic heterocycles. The van der Waals surface area contributed by atoms with Gasteiger partial charge in [-0.1, -0.05) is 142 Å². The lowest BCUT2D eigenvalue weighted by Gasteiger charge is -2.32. The van der Waals surface area contributed by atoms with E-state index < -0.39 is 11.9 Å². The van der Waals surface area contributed by atoms with Gasteiger partial charge < -0.3 is 33.2 Å². The van der Waals surface area contributed by atoms with E-state index in [-0.39, 0.29) is 13.6 Å². The minimum Gasteiger partial charge on any atom is -0.331 e. The average molecular weight is 591 g/mol. The van der Waals surface area contributed by atoms with E-state index in [9.17, 15) is 0 Å². The van der Waals surface area contributed by atoms with E-state index in [4.69, 9.17) is 33.2 Å². The van der Waals surface area contributed by atoms with E-state index in [1.807, 2.05) is 0 Å². The zero-order chi connectivity index (χ0) is 30.3. The van der Waals surface area contributed by atoms with E-state index in [0.717, 1.165) is 25.7 Å². The maximum Gasteiger partial charge on any atom is 0.284 e. The van der Waals surface area contributed by atoms with Crippen LogP contribution in [0.3, 0.4) is 0 Å². The van der Waals surface area contributed by atoms with Crippen molar-refractivity contribution in [2.45, 2.75) is 180 Å². The molecule has 7 heteroatoms. The molecule has 0 radical (unpaired) electrons. The quantitative estimate of drug-likeness (QED) is 0.0545. The molecule has 0 unspecified atom stereocenters. The maximum atomic E-state index is 5.85. The van der Waals surface area contributed by atoms with Crippen molar-refractivity contribution in [3.05, 3.63) is 0 Å². The molecule has 0 saturated carbocycles. The van der Waals surface area contributed by atoms with Crippen molar-refractivity contribution in [2.75, 3.05) is 42.0 Å². The Morgan fingerprint density at radius 3 is 0.829 bits per heavy atom. The average Bonchev–Trinajstić information content (AvgIpc) is 3.00. The molecular formula is C34H70O7. The highest BCUT2D eigenvalue weighted by molar-refractivity contribution is 4.59. The molecular weight excluding hydrogens is 520 g/mol. The van der Waals surface area contributed by atoms with Gasteiger partial charge in [0.05, 0.1) is 0 Å². The summed E-state index contributed by atoms with van der Waals surface area (Å²) in [4.78, 5) is 0. The van der Waals surface area contributed by atoms with E-state index in [1.165, 1.54) is 116 Å². The Hall–Kier alpha value is -0.280. The van der Waals surface area contributed by atoms with Gasteiger partial charge in [-0.15, -0.1) is 0 Å². The van der Waals surface area contributed by atoms with E-state index >= 15 is 0 Å². The van der Waals surface area contributed by atoms with Gasteiger partial charge in [-0.2, -0.15) is 0 Å². The lowest BCUT2D eigenvalue weighted by Crippen LogP contribution is -2.39. The second kappa shape index (κ2) is 29.8. The van der Waals surface area contributed by atoms with Gasteiger partial charge in [-0.25, -0.2) is 0 Å². The molecule has 41 heavy (non-hydrogen) atoms. The number of rotatable bonds is 34. The van der Waals surface area contributed by atoms with Crippen LogP contribution in [-0.2, 0) is 33.2 Å². The second-order valence-electron chi connectivity index (χ2n) is 11.5. The number of hydrogen-bond acceptors (Lipinski definition) is 7. The summed E-state index contributed by atoms with van der Waals surface area (Å²) >= 11 is 0. The summed E-state index contributed by atoms with van der Waals surface area (Å²) in [6.45, 7) is 4.51. The van der Waals surface area contributed by atoms with Gasteiger partial charge in [0.25, 0.3) is 11.9 Å². The summed E-state index contributed by atoms with van der Waals surface area (Å²) in [5, 5.41) is 0. The molecule has 0 atom stereocenters. The van der Waals surface area contributed by atoms with Crippen LogP contribution in [-0.4, -0.2) is 54.0 Å². The van der Waals surface area contributed by atoms with Crippen LogP contribution in [0, 0.1) is 0 Å². The van der Waals surface area contributed by atoms with Crippen molar-refractivity contribution in [3.8, 4) is 0 Å². The summed E-state index contributed by atoms with van der Waals surface area (Å²) in [5.41, 5.74) is 0. The molecule has 0 aliphatic rings. The van der Waals surface area contributed by atoms with Gasteiger partial charge in [-0.3, -0.25) is 0 Å². The number of ether oxygens (including phenoxy) is 7. The molecule has 0 aliphatic carbocycles. The molecule has 0 fully saturated rings. The third kappa shape index (κ3) is 22.9. The van der Waals surface area contributed by atoms with Gasteiger partial charge >= 0.3 is 0 Å². The summed E-state index contributed by atoms with van der Waals surface area (Å²) in [6.07, 6.45) is 29.7. The standard InChI is InChI=1S/C34H70O7/c1-7-9-11-13-15-17-19-21-23-25-27-29-33(35-3,36-4)40-31-39-32-41-34(37-5,38-6)30-28-26-24-22-20-18-16-14-12-10-8-2/h7-32H2,1-6H3. The van der Waals surface area contributed by atoms with Crippen LogP contribution >= 0.6 is 0 Å². The largest absolute Gasteiger partial charge is 0.331 e. The molecule has 0 heterocycles. The minimum absolute atomic E-state index is 0.0122. The molecule has 0 amide bonds. The topological polar surface area (TPSA) is 64.6 Å². The Labute approximate surface area is 255 Å². The van der Waals surface area contributed by atoms with Gasteiger partial charge in [0.2, 0.25) is 0 Å². The molecule has 0 N–H and O–H groups in total. The Morgan fingerprint density at radius 1 is 0.341 bits per heavy atom. The molecule has 248 valence electrons. The Bertz CT molecular complexity index is 465. The van der Waals surface area contributed by atoms with Crippen LogP contribution < -0.4 is 0 Å².